The zero-order chi connectivity index (χ0) is 18.1. The van der Waals surface area contributed by atoms with Crippen LogP contribution in [-0.2, 0) is 6.54 Å². The Labute approximate surface area is 155 Å². The molecule has 2 rings (SSSR count). The van der Waals surface area contributed by atoms with Gasteiger partial charge in [-0.2, -0.15) is 0 Å². The largest absolute Gasteiger partial charge is 0.351 e. The fourth-order valence-corrected chi connectivity index (χ4v) is 3.40. The lowest BCUT2D eigenvalue weighted by molar-refractivity contribution is 0.0956. The van der Waals surface area contributed by atoms with Crippen LogP contribution in [0.2, 0.25) is 0 Å². The number of carbonyl (C=O) groups excluding carboxylic acids is 1. The summed E-state index contributed by atoms with van der Waals surface area (Å²) in [5.41, 5.74) is 1.97. The number of carbonyl (C=O) groups is 1. The van der Waals surface area contributed by atoms with Gasteiger partial charge in [0.05, 0.1) is 0 Å². The number of nitrogens with zero attached hydrogens (tertiary/aromatic N) is 1. The minimum Gasteiger partial charge on any atom is -0.351 e. The monoisotopic (exact) mass is 356 g/mol. The van der Waals surface area contributed by atoms with Crippen molar-refractivity contribution in [2.75, 3.05) is 18.8 Å². The Hall–Kier alpha value is -1.78. The van der Waals surface area contributed by atoms with E-state index in [9.17, 15) is 4.79 Å². The Morgan fingerprint density at radius 1 is 1.08 bits per heavy atom. The molecule has 0 saturated heterocycles. The van der Waals surface area contributed by atoms with Gasteiger partial charge in [0, 0.05) is 35.3 Å². The fourth-order valence-electron chi connectivity index (χ4n) is 2.61. The van der Waals surface area contributed by atoms with E-state index in [1.807, 2.05) is 30.3 Å². The first-order chi connectivity index (χ1) is 12.1. The Morgan fingerprint density at radius 3 is 2.36 bits per heavy atom. The second-order valence-corrected chi connectivity index (χ2v) is 7.44. The molecule has 0 aliphatic carbocycles. The quantitative estimate of drug-likeness (QED) is 0.532. The molecule has 1 amide bonds. The van der Waals surface area contributed by atoms with Gasteiger partial charge in [0.25, 0.3) is 5.91 Å². The average Bonchev–Trinajstić information content (AvgIpc) is 2.64. The van der Waals surface area contributed by atoms with Crippen molar-refractivity contribution in [3.63, 3.8) is 0 Å². The number of thioether (sulfide) groups is 1. The highest BCUT2D eigenvalue weighted by atomic mass is 32.2. The van der Waals surface area contributed by atoms with Crippen LogP contribution in [0.5, 0.6) is 0 Å². The lowest BCUT2D eigenvalue weighted by Crippen LogP contribution is -2.30. The summed E-state index contributed by atoms with van der Waals surface area (Å²) in [4.78, 5) is 15.9. The normalized spacial score (nSPS) is 11.1. The number of benzene rings is 2. The van der Waals surface area contributed by atoms with Gasteiger partial charge in [-0.15, -0.1) is 11.8 Å². The maximum Gasteiger partial charge on any atom is 0.251 e. The van der Waals surface area contributed by atoms with Gasteiger partial charge in [0.1, 0.15) is 0 Å². The van der Waals surface area contributed by atoms with E-state index >= 15 is 0 Å². The molecule has 3 nitrogen and oxygen atoms in total. The van der Waals surface area contributed by atoms with E-state index in [-0.39, 0.29) is 5.91 Å². The topological polar surface area (TPSA) is 32.3 Å². The Balaban J connectivity index is 1.78. The van der Waals surface area contributed by atoms with Crippen molar-refractivity contribution in [3.8, 4) is 0 Å². The molecule has 25 heavy (non-hydrogen) atoms. The van der Waals surface area contributed by atoms with Gasteiger partial charge < -0.3 is 5.32 Å². The zero-order valence-electron chi connectivity index (χ0n) is 15.4. The summed E-state index contributed by atoms with van der Waals surface area (Å²) in [5.74, 6) is 0.865. The molecule has 4 heteroatoms. The molecule has 0 aliphatic rings. The first kappa shape index (κ1) is 19.5. The van der Waals surface area contributed by atoms with Crippen molar-refractivity contribution in [2.45, 2.75) is 38.3 Å². The number of amides is 1. The number of nitrogens with one attached hydrogen (secondary N) is 1. The Kier molecular flexibility index (Phi) is 8.02. The maximum absolute atomic E-state index is 12.2. The molecule has 0 saturated carbocycles. The van der Waals surface area contributed by atoms with Gasteiger partial charge in [-0.3, -0.25) is 9.69 Å². The highest BCUT2D eigenvalue weighted by molar-refractivity contribution is 7.99. The van der Waals surface area contributed by atoms with Crippen molar-refractivity contribution in [1.82, 2.24) is 10.2 Å². The summed E-state index contributed by atoms with van der Waals surface area (Å²) in [6, 6.07) is 18.7. The second kappa shape index (κ2) is 10.3. The van der Waals surface area contributed by atoms with Crippen molar-refractivity contribution in [1.29, 1.82) is 0 Å². The number of rotatable bonds is 9. The second-order valence-electron chi connectivity index (χ2n) is 6.27. The third kappa shape index (κ3) is 6.56. The molecule has 2 aromatic rings. The molecule has 0 bridgehead atoms. The van der Waals surface area contributed by atoms with E-state index < -0.39 is 0 Å². The minimum absolute atomic E-state index is 0.00332. The van der Waals surface area contributed by atoms with Gasteiger partial charge in [0.15, 0.2) is 0 Å². The molecule has 0 heterocycles. The van der Waals surface area contributed by atoms with Gasteiger partial charge in [-0.05, 0) is 50.2 Å². The SMILES string of the molecule is CCN(Cc1ccc(C(=O)NCCSc2ccccc2)cc1)C(C)C. The van der Waals surface area contributed by atoms with Crippen LogP contribution >= 0.6 is 11.8 Å². The highest BCUT2D eigenvalue weighted by Crippen LogP contribution is 2.16. The molecule has 0 aliphatic heterocycles. The summed E-state index contributed by atoms with van der Waals surface area (Å²) in [6.07, 6.45) is 0. The predicted octanol–water partition coefficient (Wildman–Crippen LogP) is 4.44. The predicted molar refractivity (Wildman–Crippen MR) is 107 cm³/mol. The molecule has 0 atom stereocenters. The molecular formula is C21H28N2OS. The summed E-state index contributed by atoms with van der Waals surface area (Å²) in [5, 5.41) is 2.99. The van der Waals surface area contributed by atoms with Crippen LogP contribution in [0.15, 0.2) is 59.5 Å². The summed E-state index contributed by atoms with van der Waals surface area (Å²) in [6.45, 7) is 9.20. The summed E-state index contributed by atoms with van der Waals surface area (Å²) < 4.78 is 0. The van der Waals surface area contributed by atoms with Crippen LogP contribution in [0.1, 0.15) is 36.7 Å². The van der Waals surface area contributed by atoms with E-state index in [0.29, 0.717) is 12.6 Å². The molecule has 0 fully saturated rings. The van der Waals surface area contributed by atoms with Crippen LogP contribution in [-0.4, -0.2) is 35.7 Å². The van der Waals surface area contributed by atoms with Crippen LogP contribution in [0.25, 0.3) is 0 Å². The molecule has 134 valence electrons. The minimum atomic E-state index is -0.00332. The molecule has 1 N–H and O–H groups in total. The number of hydrogen-bond donors (Lipinski definition) is 1. The van der Waals surface area contributed by atoms with E-state index in [4.69, 9.17) is 0 Å². The third-order valence-electron chi connectivity index (χ3n) is 4.14. The zero-order valence-corrected chi connectivity index (χ0v) is 16.2. The van der Waals surface area contributed by atoms with Gasteiger partial charge in [-0.1, -0.05) is 37.3 Å². The molecule has 2 aromatic carbocycles. The van der Waals surface area contributed by atoms with E-state index in [2.05, 4.69) is 55.3 Å². The van der Waals surface area contributed by atoms with E-state index in [1.54, 1.807) is 11.8 Å². The molecule has 0 unspecified atom stereocenters. The average molecular weight is 357 g/mol. The van der Waals surface area contributed by atoms with Crippen molar-refractivity contribution in [3.05, 3.63) is 65.7 Å². The van der Waals surface area contributed by atoms with Crippen LogP contribution in [0, 0.1) is 0 Å². The lowest BCUT2D eigenvalue weighted by Gasteiger charge is -2.24. The first-order valence-electron chi connectivity index (χ1n) is 8.89. The number of hydrogen-bond acceptors (Lipinski definition) is 3. The fraction of sp³-hybridized carbons (Fsp3) is 0.381. The smallest absolute Gasteiger partial charge is 0.251 e. The van der Waals surface area contributed by atoms with Crippen LogP contribution < -0.4 is 5.32 Å². The standard InChI is InChI=1S/C21H28N2OS/c1-4-23(17(2)3)16-18-10-12-19(13-11-18)21(24)22-14-15-25-20-8-6-5-7-9-20/h5-13,17H,4,14-16H2,1-3H3,(H,22,24). The van der Waals surface area contributed by atoms with E-state index in [0.717, 1.165) is 24.4 Å². The summed E-state index contributed by atoms with van der Waals surface area (Å²) in [7, 11) is 0. The Bertz CT molecular complexity index is 641. The highest BCUT2D eigenvalue weighted by Gasteiger charge is 2.09. The molecular weight excluding hydrogens is 328 g/mol. The lowest BCUT2D eigenvalue weighted by atomic mass is 10.1. The van der Waals surface area contributed by atoms with Gasteiger partial charge in [-0.25, -0.2) is 0 Å². The van der Waals surface area contributed by atoms with Crippen molar-refractivity contribution >= 4 is 17.7 Å². The van der Waals surface area contributed by atoms with Gasteiger partial charge >= 0.3 is 0 Å². The molecule has 0 aromatic heterocycles. The van der Waals surface area contributed by atoms with E-state index in [1.165, 1.54) is 10.5 Å². The molecule has 0 spiro atoms. The van der Waals surface area contributed by atoms with Crippen molar-refractivity contribution < 1.29 is 4.79 Å². The van der Waals surface area contributed by atoms with Gasteiger partial charge in [0.2, 0.25) is 0 Å². The molecule has 0 radical (unpaired) electrons. The van der Waals surface area contributed by atoms with Crippen LogP contribution in [0.4, 0.5) is 0 Å². The van der Waals surface area contributed by atoms with Crippen LogP contribution in [0.3, 0.4) is 0 Å². The Morgan fingerprint density at radius 2 is 1.76 bits per heavy atom. The maximum atomic E-state index is 12.2. The van der Waals surface area contributed by atoms with Crippen molar-refractivity contribution in [2.24, 2.45) is 0 Å². The first-order valence-corrected chi connectivity index (χ1v) is 9.87. The summed E-state index contributed by atoms with van der Waals surface area (Å²) >= 11 is 1.75. The third-order valence-corrected chi connectivity index (χ3v) is 5.15.